The van der Waals surface area contributed by atoms with Crippen molar-refractivity contribution in [3.05, 3.63) is 35.3 Å². The van der Waals surface area contributed by atoms with Crippen molar-refractivity contribution < 1.29 is 9.53 Å². The fourth-order valence-electron chi connectivity index (χ4n) is 1.83. The fraction of sp³-hybridized carbons (Fsp3) is 0.333. The average molecular weight is 325 g/mol. The quantitative estimate of drug-likeness (QED) is 0.819. The number of hydrogen-bond acceptors (Lipinski definition) is 4. The minimum atomic E-state index is -0.488. The molecular formula is C15H17ClN2O2S. The van der Waals surface area contributed by atoms with E-state index < -0.39 is 6.10 Å². The summed E-state index contributed by atoms with van der Waals surface area (Å²) in [7, 11) is 0. The Hall–Kier alpha value is -1.43. The zero-order valence-corrected chi connectivity index (χ0v) is 13.5. The molecule has 0 aliphatic rings. The van der Waals surface area contributed by atoms with Gasteiger partial charge in [0.05, 0.1) is 17.3 Å². The van der Waals surface area contributed by atoms with Crippen LogP contribution in [0.2, 0.25) is 0 Å². The van der Waals surface area contributed by atoms with Crippen molar-refractivity contribution in [3.63, 3.8) is 0 Å². The lowest BCUT2D eigenvalue weighted by Crippen LogP contribution is -2.27. The van der Waals surface area contributed by atoms with Gasteiger partial charge < -0.3 is 10.1 Å². The lowest BCUT2D eigenvalue weighted by Gasteiger charge is -2.14. The van der Waals surface area contributed by atoms with Crippen molar-refractivity contribution in [2.75, 3.05) is 11.9 Å². The Kier molecular flexibility index (Phi) is 5.73. The maximum atomic E-state index is 12.1. The molecule has 21 heavy (non-hydrogen) atoms. The van der Waals surface area contributed by atoms with Crippen LogP contribution in [-0.2, 0) is 15.4 Å². The number of para-hydroxylation sites is 1. The molecule has 0 fully saturated rings. The molecule has 0 spiro atoms. The summed E-state index contributed by atoms with van der Waals surface area (Å²) in [6, 6.07) is 7.57. The zero-order valence-electron chi connectivity index (χ0n) is 11.9. The second kappa shape index (κ2) is 7.54. The standard InChI is InChI=1S/C15H17ClN2O2S/c1-3-20-10(2)14(19)18-13-7-5-4-6-12(13)15-17-11(8-16)9-21-15/h4-7,9-10H,3,8H2,1-2H3,(H,18,19). The van der Waals surface area contributed by atoms with Gasteiger partial charge >= 0.3 is 0 Å². The number of carbonyl (C=O) groups excluding carboxylic acids is 1. The van der Waals surface area contributed by atoms with Gasteiger partial charge in [-0.1, -0.05) is 12.1 Å². The van der Waals surface area contributed by atoms with Crippen molar-refractivity contribution in [2.45, 2.75) is 25.8 Å². The van der Waals surface area contributed by atoms with E-state index in [1.54, 1.807) is 6.92 Å². The predicted octanol–water partition coefficient (Wildman–Crippen LogP) is 3.91. The molecule has 0 radical (unpaired) electrons. The highest BCUT2D eigenvalue weighted by Crippen LogP contribution is 2.31. The van der Waals surface area contributed by atoms with Crippen LogP contribution in [0.4, 0.5) is 5.69 Å². The molecular weight excluding hydrogens is 308 g/mol. The number of ether oxygens (including phenoxy) is 1. The number of anilines is 1. The minimum absolute atomic E-state index is 0.168. The van der Waals surface area contributed by atoms with E-state index in [-0.39, 0.29) is 5.91 Å². The molecule has 1 heterocycles. The second-order valence-electron chi connectivity index (χ2n) is 4.41. The van der Waals surface area contributed by atoms with Gasteiger partial charge in [-0.05, 0) is 26.0 Å². The number of thiazole rings is 1. The van der Waals surface area contributed by atoms with E-state index >= 15 is 0 Å². The lowest BCUT2D eigenvalue weighted by atomic mass is 10.2. The van der Waals surface area contributed by atoms with Gasteiger partial charge in [-0.15, -0.1) is 22.9 Å². The Morgan fingerprint density at radius 1 is 1.48 bits per heavy atom. The fourth-order valence-corrected chi connectivity index (χ4v) is 2.92. The van der Waals surface area contributed by atoms with Gasteiger partial charge in [-0.3, -0.25) is 4.79 Å². The summed E-state index contributed by atoms with van der Waals surface area (Å²) in [5.74, 6) is 0.213. The highest BCUT2D eigenvalue weighted by Gasteiger charge is 2.16. The van der Waals surface area contributed by atoms with Crippen LogP contribution >= 0.6 is 22.9 Å². The average Bonchev–Trinajstić information content (AvgIpc) is 2.97. The zero-order chi connectivity index (χ0) is 15.2. The van der Waals surface area contributed by atoms with Crippen LogP contribution in [0, 0.1) is 0 Å². The Balaban J connectivity index is 2.23. The number of nitrogens with zero attached hydrogens (tertiary/aromatic N) is 1. The summed E-state index contributed by atoms with van der Waals surface area (Å²) in [6.07, 6.45) is -0.488. The van der Waals surface area contributed by atoms with Crippen molar-refractivity contribution in [3.8, 4) is 10.6 Å². The number of nitrogens with one attached hydrogen (secondary N) is 1. The third kappa shape index (κ3) is 4.03. The van der Waals surface area contributed by atoms with Gasteiger partial charge in [-0.25, -0.2) is 4.98 Å². The maximum Gasteiger partial charge on any atom is 0.253 e. The highest BCUT2D eigenvalue weighted by molar-refractivity contribution is 7.13. The van der Waals surface area contributed by atoms with Crippen LogP contribution in [0.15, 0.2) is 29.6 Å². The molecule has 4 nitrogen and oxygen atoms in total. The molecule has 0 aliphatic carbocycles. The highest BCUT2D eigenvalue weighted by atomic mass is 35.5. The van der Waals surface area contributed by atoms with Crippen LogP contribution < -0.4 is 5.32 Å². The van der Waals surface area contributed by atoms with E-state index in [0.29, 0.717) is 12.5 Å². The summed E-state index contributed by atoms with van der Waals surface area (Å²) in [4.78, 5) is 16.5. The molecule has 1 aromatic carbocycles. The van der Waals surface area contributed by atoms with Gasteiger partial charge in [0.25, 0.3) is 5.91 Å². The minimum Gasteiger partial charge on any atom is -0.369 e. The van der Waals surface area contributed by atoms with Gasteiger partial charge in [0.15, 0.2) is 0 Å². The summed E-state index contributed by atoms with van der Waals surface area (Å²) in [6.45, 7) is 4.10. The molecule has 6 heteroatoms. The number of hydrogen-bond donors (Lipinski definition) is 1. The molecule has 1 atom stereocenters. The Morgan fingerprint density at radius 2 is 2.24 bits per heavy atom. The molecule has 1 unspecified atom stereocenters. The first-order chi connectivity index (χ1) is 10.2. The number of aromatic nitrogens is 1. The topological polar surface area (TPSA) is 51.2 Å². The van der Waals surface area contributed by atoms with E-state index in [2.05, 4.69) is 10.3 Å². The van der Waals surface area contributed by atoms with Crippen molar-refractivity contribution >= 4 is 34.5 Å². The van der Waals surface area contributed by atoms with Crippen LogP contribution in [0.25, 0.3) is 10.6 Å². The third-order valence-electron chi connectivity index (χ3n) is 2.89. The summed E-state index contributed by atoms with van der Waals surface area (Å²) in [5, 5.41) is 5.65. The molecule has 0 bridgehead atoms. The van der Waals surface area contributed by atoms with E-state index in [4.69, 9.17) is 16.3 Å². The van der Waals surface area contributed by atoms with E-state index in [9.17, 15) is 4.79 Å². The normalized spacial score (nSPS) is 12.1. The van der Waals surface area contributed by atoms with Crippen LogP contribution in [0.1, 0.15) is 19.5 Å². The van der Waals surface area contributed by atoms with Crippen molar-refractivity contribution in [1.82, 2.24) is 4.98 Å². The Morgan fingerprint density at radius 3 is 2.90 bits per heavy atom. The monoisotopic (exact) mass is 324 g/mol. The lowest BCUT2D eigenvalue weighted by molar-refractivity contribution is -0.126. The molecule has 1 aromatic heterocycles. The van der Waals surface area contributed by atoms with Gasteiger partial charge in [0.2, 0.25) is 0 Å². The largest absolute Gasteiger partial charge is 0.369 e. The SMILES string of the molecule is CCOC(C)C(=O)Nc1ccccc1-c1nc(CCl)cs1. The Bertz CT molecular complexity index is 615. The second-order valence-corrected chi connectivity index (χ2v) is 5.54. The molecule has 1 amide bonds. The number of benzene rings is 1. The summed E-state index contributed by atoms with van der Waals surface area (Å²) in [5.41, 5.74) is 2.45. The first-order valence-electron chi connectivity index (χ1n) is 6.68. The molecule has 1 N–H and O–H groups in total. The number of halogens is 1. The Labute approximate surface area is 133 Å². The molecule has 2 aromatic rings. The number of rotatable bonds is 6. The molecule has 0 saturated heterocycles. The van der Waals surface area contributed by atoms with E-state index in [1.165, 1.54) is 11.3 Å². The van der Waals surface area contributed by atoms with Crippen LogP contribution in [-0.4, -0.2) is 23.6 Å². The van der Waals surface area contributed by atoms with Gasteiger partial charge in [-0.2, -0.15) is 0 Å². The van der Waals surface area contributed by atoms with E-state index in [0.717, 1.165) is 22.0 Å². The smallest absolute Gasteiger partial charge is 0.253 e. The van der Waals surface area contributed by atoms with Crippen molar-refractivity contribution in [1.29, 1.82) is 0 Å². The number of carbonyl (C=O) groups is 1. The summed E-state index contributed by atoms with van der Waals surface area (Å²) < 4.78 is 5.30. The first-order valence-corrected chi connectivity index (χ1v) is 8.09. The molecule has 112 valence electrons. The van der Waals surface area contributed by atoms with E-state index in [1.807, 2.05) is 36.6 Å². The summed E-state index contributed by atoms with van der Waals surface area (Å²) >= 11 is 7.30. The third-order valence-corrected chi connectivity index (χ3v) is 4.09. The molecule has 0 saturated carbocycles. The van der Waals surface area contributed by atoms with Gasteiger partial charge in [0, 0.05) is 17.6 Å². The number of amides is 1. The van der Waals surface area contributed by atoms with Crippen LogP contribution in [0.5, 0.6) is 0 Å². The molecule has 0 aliphatic heterocycles. The predicted molar refractivity (Wildman–Crippen MR) is 86.8 cm³/mol. The first kappa shape index (κ1) is 15.9. The van der Waals surface area contributed by atoms with Crippen LogP contribution in [0.3, 0.4) is 0 Å². The van der Waals surface area contributed by atoms with Crippen molar-refractivity contribution in [2.24, 2.45) is 0 Å². The molecule has 2 rings (SSSR count). The van der Waals surface area contributed by atoms with Gasteiger partial charge in [0.1, 0.15) is 11.1 Å². The maximum absolute atomic E-state index is 12.1. The number of alkyl halides is 1.